The zero-order valence-electron chi connectivity index (χ0n) is 27.4. The van der Waals surface area contributed by atoms with E-state index in [4.69, 9.17) is 0 Å². The van der Waals surface area contributed by atoms with Crippen LogP contribution in [0.1, 0.15) is 28.9 Å². The van der Waals surface area contributed by atoms with Gasteiger partial charge in [0.2, 0.25) is 5.91 Å². The summed E-state index contributed by atoms with van der Waals surface area (Å²) in [5.74, 6) is -1.63. The second kappa shape index (κ2) is 15.5. The number of carbonyl (C=O) groups excluding carboxylic acids is 3. The fourth-order valence-electron chi connectivity index (χ4n) is 6.11. The molecule has 1 fully saturated rings. The average molecular weight is 681 g/mol. The van der Waals surface area contributed by atoms with Gasteiger partial charge in [0, 0.05) is 70.0 Å². The fraction of sp³-hybridized carbons (Fsp3) is 0.361. The summed E-state index contributed by atoms with van der Waals surface area (Å²) >= 11 is 0. The Morgan fingerprint density at radius 1 is 1.00 bits per heavy atom. The number of alkyl halides is 3. The highest BCUT2D eigenvalue weighted by Gasteiger charge is 2.32. The van der Waals surface area contributed by atoms with E-state index in [0.29, 0.717) is 28.7 Å². The molecule has 0 radical (unpaired) electrons. The van der Waals surface area contributed by atoms with Crippen LogP contribution in [-0.4, -0.2) is 98.5 Å². The summed E-state index contributed by atoms with van der Waals surface area (Å²) in [7, 11) is 2.63. The number of hydrogen-bond donors (Lipinski definition) is 3. The number of aromatic amines is 1. The molecule has 3 aromatic carbocycles. The molecule has 1 aliphatic rings. The molecule has 1 aromatic heterocycles. The third kappa shape index (κ3) is 8.96. The van der Waals surface area contributed by atoms with Crippen molar-refractivity contribution in [3.05, 3.63) is 83.8 Å². The van der Waals surface area contributed by atoms with Crippen molar-refractivity contribution >= 4 is 40.4 Å². The first-order chi connectivity index (χ1) is 23.5. The Balaban J connectivity index is 1.15. The number of amides is 2. The minimum absolute atomic E-state index is 0.0646. The number of piperazine rings is 1. The predicted octanol–water partition coefficient (Wildman–Crippen LogP) is 5.48. The minimum atomic E-state index is -4.55. The summed E-state index contributed by atoms with van der Waals surface area (Å²) in [6.45, 7) is 2.99. The third-order valence-electron chi connectivity index (χ3n) is 8.80. The highest BCUT2D eigenvalue weighted by atomic mass is 19.4. The van der Waals surface area contributed by atoms with Gasteiger partial charge in [0.05, 0.1) is 5.52 Å². The number of halogens is 4. The summed E-state index contributed by atoms with van der Waals surface area (Å²) in [4.78, 5) is 43.5. The molecule has 1 unspecified atom stereocenters. The van der Waals surface area contributed by atoms with Crippen LogP contribution < -0.4 is 15.5 Å². The van der Waals surface area contributed by atoms with Crippen molar-refractivity contribution in [2.24, 2.45) is 0 Å². The second-order valence-electron chi connectivity index (χ2n) is 12.2. The molecule has 5 rings (SSSR count). The van der Waals surface area contributed by atoms with E-state index in [9.17, 15) is 31.9 Å². The Bertz CT molecular complexity index is 1750. The van der Waals surface area contributed by atoms with Crippen LogP contribution in [0.2, 0.25) is 0 Å². The molecule has 3 N–H and O–H groups in total. The van der Waals surface area contributed by atoms with Gasteiger partial charge in [-0.25, -0.2) is 4.39 Å². The molecular weight excluding hydrogens is 640 g/mol. The van der Waals surface area contributed by atoms with Gasteiger partial charge in [-0.05, 0) is 65.9 Å². The van der Waals surface area contributed by atoms with Gasteiger partial charge in [0.15, 0.2) is 0 Å². The molecule has 0 aliphatic carbocycles. The van der Waals surface area contributed by atoms with E-state index in [1.54, 1.807) is 13.1 Å². The molecule has 49 heavy (non-hydrogen) atoms. The van der Waals surface area contributed by atoms with Gasteiger partial charge in [-0.2, -0.15) is 13.2 Å². The molecule has 1 atom stereocenters. The molecule has 13 heteroatoms. The molecule has 2 amide bonds. The van der Waals surface area contributed by atoms with Crippen molar-refractivity contribution in [2.45, 2.75) is 31.5 Å². The van der Waals surface area contributed by atoms with E-state index in [1.807, 2.05) is 48.5 Å². The number of likely N-dealkylation sites (N-methyl/N-ethyl adjacent to an activating group) is 1. The minimum Gasteiger partial charge on any atom is -0.374 e. The first-order valence-corrected chi connectivity index (χ1v) is 16.2. The van der Waals surface area contributed by atoms with Crippen LogP contribution in [0.5, 0.6) is 0 Å². The molecule has 0 bridgehead atoms. The van der Waals surface area contributed by atoms with E-state index in [-0.39, 0.29) is 17.1 Å². The standard InChI is InChI=1S/C36H40F4N6O3/c1-41-34(48)31(4-3-21-47)42-26-9-5-24(6-10-26)15-16-45-17-19-46(20-18-45)27-11-7-25(8-12-27)28-13-14-30(37)33-29(28)22-32(43-33)35(49)44(2)23-36(38,39)40/h5-14,21-22,31,42-43H,3-4,15-20,23H2,1-2H3,(H,41,48). The van der Waals surface area contributed by atoms with Crippen LogP contribution >= 0.6 is 0 Å². The maximum absolute atomic E-state index is 14.7. The largest absolute Gasteiger partial charge is 0.406 e. The number of carbonyl (C=O) groups is 3. The third-order valence-corrected chi connectivity index (χ3v) is 8.80. The Morgan fingerprint density at radius 3 is 2.33 bits per heavy atom. The average Bonchev–Trinajstić information content (AvgIpc) is 3.55. The number of hydrogen-bond acceptors (Lipinski definition) is 6. The van der Waals surface area contributed by atoms with Crippen molar-refractivity contribution in [3.8, 4) is 11.1 Å². The Morgan fingerprint density at radius 2 is 1.69 bits per heavy atom. The predicted molar refractivity (Wildman–Crippen MR) is 182 cm³/mol. The summed E-state index contributed by atoms with van der Waals surface area (Å²) < 4.78 is 53.2. The lowest BCUT2D eigenvalue weighted by Crippen LogP contribution is -2.47. The first kappa shape index (κ1) is 35.4. The number of nitrogens with zero attached hydrogens (tertiary/aromatic N) is 3. The van der Waals surface area contributed by atoms with Gasteiger partial charge >= 0.3 is 6.18 Å². The number of rotatable bonds is 13. The van der Waals surface area contributed by atoms with Gasteiger partial charge in [-0.15, -0.1) is 0 Å². The van der Waals surface area contributed by atoms with Crippen LogP contribution in [0.15, 0.2) is 66.7 Å². The fourth-order valence-corrected chi connectivity index (χ4v) is 6.11. The van der Waals surface area contributed by atoms with E-state index >= 15 is 0 Å². The van der Waals surface area contributed by atoms with Crippen molar-refractivity contribution < 1.29 is 31.9 Å². The maximum Gasteiger partial charge on any atom is 0.406 e. The van der Waals surface area contributed by atoms with Crippen molar-refractivity contribution in [1.29, 1.82) is 0 Å². The summed E-state index contributed by atoms with van der Waals surface area (Å²) in [6.07, 6.45) is -2.12. The number of aldehydes is 1. The number of benzene rings is 3. The number of fused-ring (bicyclic) bond motifs is 1. The number of H-pyrrole nitrogens is 1. The monoisotopic (exact) mass is 680 g/mol. The van der Waals surface area contributed by atoms with Gasteiger partial charge in [0.25, 0.3) is 5.91 Å². The van der Waals surface area contributed by atoms with Gasteiger partial charge in [0.1, 0.15) is 30.4 Å². The van der Waals surface area contributed by atoms with Crippen LogP contribution in [-0.2, 0) is 16.0 Å². The lowest BCUT2D eigenvalue weighted by molar-refractivity contribution is -0.138. The summed E-state index contributed by atoms with van der Waals surface area (Å²) in [5, 5.41) is 6.25. The highest BCUT2D eigenvalue weighted by molar-refractivity contribution is 6.03. The smallest absolute Gasteiger partial charge is 0.374 e. The number of anilines is 2. The molecular formula is C36H40F4N6O3. The molecule has 4 aromatic rings. The van der Waals surface area contributed by atoms with Crippen molar-refractivity contribution in [3.63, 3.8) is 0 Å². The molecule has 0 spiro atoms. The zero-order valence-corrected chi connectivity index (χ0v) is 27.4. The quantitative estimate of drug-likeness (QED) is 0.128. The van der Waals surface area contributed by atoms with Crippen LogP contribution in [0.4, 0.5) is 28.9 Å². The van der Waals surface area contributed by atoms with Crippen molar-refractivity contribution in [2.75, 3.05) is 63.6 Å². The lowest BCUT2D eigenvalue weighted by Gasteiger charge is -2.36. The first-order valence-electron chi connectivity index (χ1n) is 16.2. The number of aromatic nitrogens is 1. The summed E-state index contributed by atoms with van der Waals surface area (Å²) in [5.41, 5.74) is 4.47. The normalized spacial score (nSPS) is 14.4. The van der Waals surface area contributed by atoms with E-state index in [2.05, 4.69) is 25.4 Å². The zero-order chi connectivity index (χ0) is 35.1. The summed E-state index contributed by atoms with van der Waals surface area (Å²) in [6, 6.07) is 19.7. The second-order valence-corrected chi connectivity index (χ2v) is 12.2. The SMILES string of the molecule is CNC(=O)C(CCC=O)Nc1ccc(CCN2CCN(c3ccc(-c4ccc(F)c5[nH]c(C(=O)N(C)CC(F)(F)F)cc45)cc3)CC2)cc1. The van der Waals surface area contributed by atoms with Crippen LogP contribution in [0, 0.1) is 5.82 Å². The van der Waals surface area contributed by atoms with E-state index in [0.717, 1.165) is 69.4 Å². The number of nitrogens with one attached hydrogen (secondary N) is 3. The van der Waals surface area contributed by atoms with E-state index < -0.39 is 30.5 Å². The molecule has 1 aliphatic heterocycles. The molecule has 1 saturated heterocycles. The van der Waals surface area contributed by atoms with Crippen molar-refractivity contribution in [1.82, 2.24) is 20.1 Å². The van der Waals surface area contributed by atoms with Gasteiger partial charge in [-0.1, -0.05) is 30.3 Å². The van der Waals surface area contributed by atoms with Crippen LogP contribution in [0.3, 0.4) is 0 Å². The highest BCUT2D eigenvalue weighted by Crippen LogP contribution is 2.33. The molecule has 9 nitrogen and oxygen atoms in total. The Hall–Kier alpha value is -4.91. The Kier molecular flexibility index (Phi) is 11.2. The van der Waals surface area contributed by atoms with Gasteiger partial charge < -0.3 is 30.2 Å². The lowest BCUT2D eigenvalue weighted by atomic mass is 10.0. The molecule has 0 saturated carbocycles. The topological polar surface area (TPSA) is 101 Å². The van der Waals surface area contributed by atoms with Crippen LogP contribution in [0.25, 0.3) is 22.0 Å². The maximum atomic E-state index is 14.7. The molecule has 2 heterocycles. The van der Waals surface area contributed by atoms with Gasteiger partial charge in [-0.3, -0.25) is 14.5 Å². The van der Waals surface area contributed by atoms with E-state index in [1.165, 1.54) is 17.7 Å². The molecule has 260 valence electrons. The Labute approximate surface area is 282 Å².